The highest BCUT2D eigenvalue weighted by atomic mass is 16.5. The van der Waals surface area contributed by atoms with Crippen molar-refractivity contribution in [3.05, 3.63) is 23.9 Å². The van der Waals surface area contributed by atoms with E-state index >= 15 is 0 Å². The van der Waals surface area contributed by atoms with Crippen molar-refractivity contribution in [3.8, 4) is 0 Å². The number of nitrogen functional groups attached to an aromatic ring is 1. The molecule has 0 spiro atoms. The molecule has 7 heteroatoms. The van der Waals surface area contributed by atoms with Crippen LogP contribution in [-0.4, -0.2) is 27.0 Å². The number of aromatic nitrogens is 2. The fourth-order valence-corrected chi connectivity index (χ4v) is 1.96. The number of rotatable bonds is 5. The average Bonchev–Trinajstić information content (AvgIpc) is 2.75. The van der Waals surface area contributed by atoms with E-state index in [1.807, 2.05) is 12.1 Å². The number of imidazole rings is 1. The third-order valence-electron chi connectivity index (χ3n) is 2.77. The predicted octanol–water partition coefficient (Wildman–Crippen LogP) is 0.786. The van der Waals surface area contributed by atoms with Crippen LogP contribution in [0.4, 0.5) is 11.6 Å². The number of hydrogen-bond acceptors (Lipinski definition) is 5. The summed E-state index contributed by atoms with van der Waals surface area (Å²) in [6, 6.07) is 5.45. The summed E-state index contributed by atoms with van der Waals surface area (Å²) in [4.78, 5) is 15.6. The highest BCUT2D eigenvalue weighted by Gasteiger charge is 2.13. The van der Waals surface area contributed by atoms with Crippen molar-refractivity contribution in [2.24, 2.45) is 0 Å². The minimum atomic E-state index is -0.521. The van der Waals surface area contributed by atoms with Crippen molar-refractivity contribution >= 4 is 23.2 Å². The van der Waals surface area contributed by atoms with E-state index in [0.29, 0.717) is 11.6 Å². The molecule has 0 atom stereocenters. The van der Waals surface area contributed by atoms with Crippen LogP contribution in [0.15, 0.2) is 18.2 Å². The number of fused-ring (bicyclic) bond motifs is 1. The lowest BCUT2D eigenvalue weighted by molar-refractivity contribution is -0.127. The van der Waals surface area contributed by atoms with Gasteiger partial charge in [0.15, 0.2) is 0 Å². The summed E-state index contributed by atoms with van der Waals surface area (Å²) in [5, 5.41) is 11.5. The molecule has 0 aliphatic carbocycles. The minimum absolute atomic E-state index is 0.0463. The quantitative estimate of drug-likeness (QED) is 0.471. The molecule has 2 rings (SSSR count). The predicted molar refractivity (Wildman–Crippen MR) is 72.0 cm³/mol. The van der Waals surface area contributed by atoms with Crippen LogP contribution in [0.25, 0.3) is 5.65 Å². The molecule has 0 saturated carbocycles. The molecule has 102 valence electrons. The van der Waals surface area contributed by atoms with Crippen LogP contribution >= 0.6 is 0 Å². The van der Waals surface area contributed by atoms with Gasteiger partial charge in [-0.2, -0.15) is 0 Å². The number of nitrogens with two attached hydrogens (primary N) is 1. The molecule has 0 aliphatic rings. The normalized spacial score (nSPS) is 10.6. The number of amides is 1. The summed E-state index contributed by atoms with van der Waals surface area (Å²) in [7, 11) is 0. The van der Waals surface area contributed by atoms with Crippen LogP contribution in [0.1, 0.15) is 19.0 Å². The van der Waals surface area contributed by atoms with Gasteiger partial charge in [0.25, 0.3) is 5.91 Å². The van der Waals surface area contributed by atoms with Crippen LogP contribution < -0.4 is 16.5 Å². The SMILES string of the molecule is CCCc1nc2cccc(N)n2c1NCC(=O)NO. The van der Waals surface area contributed by atoms with E-state index in [4.69, 9.17) is 10.9 Å². The Bertz CT molecular complexity index is 593. The minimum Gasteiger partial charge on any atom is -0.385 e. The number of anilines is 2. The van der Waals surface area contributed by atoms with Gasteiger partial charge in [-0.1, -0.05) is 19.4 Å². The summed E-state index contributed by atoms with van der Waals surface area (Å²) < 4.78 is 1.76. The zero-order chi connectivity index (χ0) is 13.8. The molecule has 0 aromatic carbocycles. The standard InChI is InChI=1S/C12H17N5O2/c1-2-4-8-12(14-7-11(18)16-19)17-9(13)5-3-6-10(17)15-8/h3,5-6,14,19H,2,4,7,13H2,1H3,(H,16,18). The van der Waals surface area contributed by atoms with Crippen molar-refractivity contribution in [2.45, 2.75) is 19.8 Å². The Morgan fingerprint density at radius 2 is 2.32 bits per heavy atom. The number of aryl methyl sites for hydroxylation is 1. The Hall–Kier alpha value is -2.28. The van der Waals surface area contributed by atoms with Gasteiger partial charge in [-0.05, 0) is 18.6 Å². The molecule has 2 aromatic rings. The Balaban J connectivity index is 2.42. The zero-order valence-corrected chi connectivity index (χ0v) is 10.7. The second-order valence-electron chi connectivity index (χ2n) is 4.19. The zero-order valence-electron chi connectivity index (χ0n) is 10.7. The average molecular weight is 263 g/mol. The smallest absolute Gasteiger partial charge is 0.262 e. The number of carbonyl (C=O) groups excluding carboxylic acids is 1. The van der Waals surface area contributed by atoms with Gasteiger partial charge in [-0.15, -0.1) is 0 Å². The van der Waals surface area contributed by atoms with Crippen molar-refractivity contribution < 1.29 is 10.0 Å². The molecule has 2 heterocycles. The Labute approximate surface area is 110 Å². The van der Waals surface area contributed by atoms with E-state index in [-0.39, 0.29) is 6.54 Å². The van der Waals surface area contributed by atoms with Crippen molar-refractivity contribution in [3.63, 3.8) is 0 Å². The lowest BCUT2D eigenvalue weighted by atomic mass is 10.2. The molecule has 0 aliphatic heterocycles. The fourth-order valence-electron chi connectivity index (χ4n) is 1.96. The summed E-state index contributed by atoms with van der Waals surface area (Å²) >= 11 is 0. The first-order valence-electron chi connectivity index (χ1n) is 6.10. The number of nitrogens with one attached hydrogen (secondary N) is 2. The summed E-state index contributed by atoms with van der Waals surface area (Å²) in [6.45, 7) is 2.01. The number of hydrogen-bond donors (Lipinski definition) is 4. The molecule has 1 amide bonds. The Morgan fingerprint density at radius 1 is 1.53 bits per heavy atom. The van der Waals surface area contributed by atoms with Gasteiger partial charge >= 0.3 is 0 Å². The van der Waals surface area contributed by atoms with Crippen LogP contribution in [0, 0.1) is 0 Å². The third-order valence-corrected chi connectivity index (χ3v) is 2.77. The third kappa shape index (κ3) is 2.60. The summed E-state index contributed by atoms with van der Waals surface area (Å²) in [5.74, 6) is 0.713. The molecule has 5 N–H and O–H groups in total. The van der Waals surface area contributed by atoms with Crippen LogP contribution in [0.5, 0.6) is 0 Å². The maximum absolute atomic E-state index is 11.1. The van der Waals surface area contributed by atoms with Crippen molar-refractivity contribution in [1.29, 1.82) is 0 Å². The Morgan fingerprint density at radius 3 is 3.00 bits per heavy atom. The van der Waals surface area contributed by atoms with E-state index in [1.165, 1.54) is 0 Å². The van der Waals surface area contributed by atoms with Gasteiger partial charge in [-0.25, -0.2) is 10.5 Å². The van der Waals surface area contributed by atoms with E-state index in [2.05, 4.69) is 17.2 Å². The topological polar surface area (TPSA) is 105 Å². The van der Waals surface area contributed by atoms with Crippen LogP contribution in [0.3, 0.4) is 0 Å². The van der Waals surface area contributed by atoms with Gasteiger partial charge in [0, 0.05) is 0 Å². The Kier molecular flexibility index (Phi) is 3.86. The van der Waals surface area contributed by atoms with E-state index in [9.17, 15) is 4.79 Å². The monoisotopic (exact) mass is 263 g/mol. The highest BCUT2D eigenvalue weighted by molar-refractivity contribution is 5.79. The van der Waals surface area contributed by atoms with Crippen molar-refractivity contribution in [1.82, 2.24) is 14.9 Å². The maximum atomic E-state index is 11.1. The fraction of sp³-hybridized carbons (Fsp3) is 0.333. The first kappa shape index (κ1) is 13.2. The lowest BCUT2D eigenvalue weighted by Gasteiger charge is -2.08. The molecule has 0 unspecified atom stereocenters. The molecule has 7 nitrogen and oxygen atoms in total. The molecular formula is C12H17N5O2. The molecular weight excluding hydrogens is 246 g/mol. The van der Waals surface area contributed by atoms with Gasteiger partial charge in [0.05, 0.1) is 12.2 Å². The lowest BCUT2D eigenvalue weighted by Crippen LogP contribution is -2.27. The van der Waals surface area contributed by atoms with E-state index in [0.717, 1.165) is 24.2 Å². The van der Waals surface area contributed by atoms with E-state index in [1.54, 1.807) is 15.9 Å². The molecule has 19 heavy (non-hydrogen) atoms. The molecule has 0 fully saturated rings. The van der Waals surface area contributed by atoms with Crippen LogP contribution in [0.2, 0.25) is 0 Å². The highest BCUT2D eigenvalue weighted by Crippen LogP contribution is 2.22. The molecule has 0 saturated heterocycles. The van der Waals surface area contributed by atoms with Gasteiger partial charge < -0.3 is 11.1 Å². The van der Waals surface area contributed by atoms with E-state index < -0.39 is 5.91 Å². The van der Waals surface area contributed by atoms with Gasteiger partial charge in [0.1, 0.15) is 17.3 Å². The maximum Gasteiger partial charge on any atom is 0.262 e. The van der Waals surface area contributed by atoms with Gasteiger partial charge in [0.2, 0.25) is 0 Å². The number of hydroxylamine groups is 1. The second-order valence-corrected chi connectivity index (χ2v) is 4.19. The van der Waals surface area contributed by atoms with Crippen LogP contribution in [-0.2, 0) is 11.2 Å². The molecule has 2 aromatic heterocycles. The number of pyridine rings is 1. The summed E-state index contributed by atoms with van der Waals surface area (Å²) in [5.41, 5.74) is 9.10. The number of nitrogens with zero attached hydrogens (tertiary/aromatic N) is 2. The number of carbonyl (C=O) groups is 1. The summed E-state index contributed by atoms with van der Waals surface area (Å²) in [6.07, 6.45) is 1.72. The molecule has 0 bridgehead atoms. The van der Waals surface area contributed by atoms with Crippen molar-refractivity contribution in [2.75, 3.05) is 17.6 Å². The second kappa shape index (κ2) is 5.57. The van der Waals surface area contributed by atoms with Gasteiger partial charge in [-0.3, -0.25) is 14.4 Å². The largest absolute Gasteiger partial charge is 0.385 e. The first-order valence-corrected chi connectivity index (χ1v) is 6.10. The first-order chi connectivity index (χ1) is 9.17. The molecule has 0 radical (unpaired) electrons.